The highest BCUT2D eigenvalue weighted by Gasteiger charge is 2.23. The number of halogens is 1. The van der Waals surface area contributed by atoms with Crippen molar-refractivity contribution < 1.29 is 18.7 Å². The van der Waals surface area contributed by atoms with Gasteiger partial charge in [0.1, 0.15) is 24.0 Å². The predicted molar refractivity (Wildman–Crippen MR) is 180 cm³/mol. The van der Waals surface area contributed by atoms with E-state index in [9.17, 15) is 9.18 Å². The molecule has 240 valence electrons. The van der Waals surface area contributed by atoms with Gasteiger partial charge in [0.15, 0.2) is 5.65 Å². The van der Waals surface area contributed by atoms with E-state index in [0.717, 1.165) is 48.7 Å². The molecule has 0 unspecified atom stereocenters. The molecule has 1 aliphatic heterocycles. The molecule has 1 saturated heterocycles. The number of benzene rings is 2. The van der Waals surface area contributed by atoms with Gasteiger partial charge in [0.05, 0.1) is 7.11 Å². The Morgan fingerprint density at radius 1 is 1.02 bits per heavy atom. The largest absolute Gasteiger partial charge is 0.496 e. The van der Waals surface area contributed by atoms with E-state index < -0.39 is 8.07 Å². The minimum absolute atomic E-state index is 0.0339. The van der Waals surface area contributed by atoms with Crippen LogP contribution in [-0.4, -0.2) is 111 Å². The van der Waals surface area contributed by atoms with Crippen molar-refractivity contribution in [2.45, 2.75) is 32.4 Å². The second kappa shape index (κ2) is 14.2. The smallest absolute Gasteiger partial charge is 0.253 e. The van der Waals surface area contributed by atoms with Gasteiger partial charge in [-0.2, -0.15) is 5.10 Å². The molecule has 0 bridgehead atoms. The molecule has 0 spiro atoms. The number of methoxy groups -OCH3 is 1. The first kappa shape index (κ1) is 32.7. The summed E-state index contributed by atoms with van der Waals surface area (Å²) in [6.45, 7) is 13.0. The van der Waals surface area contributed by atoms with Crippen LogP contribution in [0.5, 0.6) is 5.75 Å². The van der Waals surface area contributed by atoms with Crippen LogP contribution in [0.15, 0.2) is 54.7 Å². The van der Waals surface area contributed by atoms with Gasteiger partial charge < -0.3 is 19.3 Å². The van der Waals surface area contributed by atoms with Gasteiger partial charge in [-0.05, 0) is 62.1 Å². The zero-order valence-electron chi connectivity index (χ0n) is 27.3. The lowest BCUT2D eigenvalue weighted by molar-refractivity contribution is 0.0629. The molecule has 2 aromatic heterocycles. The van der Waals surface area contributed by atoms with Crippen LogP contribution in [0.2, 0.25) is 25.7 Å². The molecule has 9 nitrogen and oxygen atoms in total. The maximum absolute atomic E-state index is 14.5. The lowest BCUT2D eigenvalue weighted by Gasteiger charge is -2.35. The number of amides is 1. The van der Waals surface area contributed by atoms with Crippen LogP contribution in [0.3, 0.4) is 0 Å². The summed E-state index contributed by atoms with van der Waals surface area (Å²) < 4.78 is 27.8. The van der Waals surface area contributed by atoms with Crippen molar-refractivity contribution in [3.8, 4) is 28.1 Å². The summed E-state index contributed by atoms with van der Waals surface area (Å²) in [5.41, 5.74) is 4.08. The standard InChI is InChI=1S/C34H45FN6O3Si/c1-38(2)12-13-39-14-16-40(17-15-39)34(42)26-9-7-8-25(20-26)27-21-30-32(29-22-28(35)10-11-31(29)43-3)37-41(33(30)36-23-27)24-44-18-19-45(4,5)6/h7-11,20-23H,12-19,24H2,1-6H3. The lowest BCUT2D eigenvalue weighted by atomic mass is 10.0. The summed E-state index contributed by atoms with van der Waals surface area (Å²) in [6.07, 6.45) is 1.79. The zero-order valence-corrected chi connectivity index (χ0v) is 28.3. The molecule has 1 amide bonds. The number of nitrogens with zero attached hydrogens (tertiary/aromatic N) is 6. The van der Waals surface area contributed by atoms with Gasteiger partial charge in [-0.25, -0.2) is 14.1 Å². The normalized spacial score (nSPS) is 14.4. The molecule has 0 atom stereocenters. The Hall–Kier alpha value is -3.64. The molecule has 0 saturated carbocycles. The van der Waals surface area contributed by atoms with Crippen molar-refractivity contribution in [1.29, 1.82) is 0 Å². The Morgan fingerprint density at radius 2 is 1.80 bits per heavy atom. The lowest BCUT2D eigenvalue weighted by Crippen LogP contribution is -2.49. The van der Waals surface area contributed by atoms with Crippen molar-refractivity contribution >= 4 is 25.0 Å². The van der Waals surface area contributed by atoms with Gasteiger partial charge in [0, 0.05) is 82.2 Å². The molecule has 3 heterocycles. The topological polar surface area (TPSA) is 76.0 Å². The molecule has 1 aliphatic rings. The Kier molecular flexibility index (Phi) is 10.3. The van der Waals surface area contributed by atoms with Crippen LogP contribution in [0.1, 0.15) is 10.4 Å². The van der Waals surface area contributed by atoms with E-state index in [1.165, 1.54) is 12.1 Å². The third kappa shape index (κ3) is 8.15. The number of carbonyl (C=O) groups is 1. The number of pyridine rings is 1. The van der Waals surface area contributed by atoms with Gasteiger partial charge in [-0.1, -0.05) is 31.8 Å². The van der Waals surface area contributed by atoms with Crippen molar-refractivity contribution in [2.24, 2.45) is 0 Å². The van der Waals surface area contributed by atoms with Crippen LogP contribution in [0, 0.1) is 5.82 Å². The SMILES string of the molecule is COc1ccc(F)cc1-c1nn(COCC[Si](C)(C)C)c2ncc(-c3cccc(C(=O)N4CCN(CCN(C)C)CC4)c3)cc12. The minimum atomic E-state index is -1.25. The summed E-state index contributed by atoms with van der Waals surface area (Å²) in [5.74, 6) is 0.169. The number of piperazine rings is 1. The van der Waals surface area contributed by atoms with Gasteiger partial charge in [-0.15, -0.1) is 0 Å². The minimum Gasteiger partial charge on any atom is -0.496 e. The van der Waals surface area contributed by atoms with Crippen LogP contribution >= 0.6 is 0 Å². The highest BCUT2D eigenvalue weighted by molar-refractivity contribution is 6.76. The molecule has 45 heavy (non-hydrogen) atoms. The second-order valence-corrected chi connectivity index (χ2v) is 18.8. The van der Waals surface area contributed by atoms with Gasteiger partial charge in [0.2, 0.25) is 0 Å². The van der Waals surface area contributed by atoms with Crippen molar-refractivity contribution in [3.63, 3.8) is 0 Å². The van der Waals surface area contributed by atoms with Crippen LogP contribution in [-0.2, 0) is 11.5 Å². The van der Waals surface area contributed by atoms with Gasteiger partial charge in [0.25, 0.3) is 5.91 Å². The predicted octanol–water partition coefficient (Wildman–Crippen LogP) is 5.54. The fourth-order valence-corrected chi connectivity index (χ4v) is 6.19. The summed E-state index contributed by atoms with van der Waals surface area (Å²) in [6, 6.07) is 15.1. The Morgan fingerprint density at radius 3 is 2.51 bits per heavy atom. The summed E-state index contributed by atoms with van der Waals surface area (Å²) >= 11 is 0. The zero-order chi connectivity index (χ0) is 32.1. The average molecular weight is 633 g/mol. The van der Waals surface area contributed by atoms with Crippen LogP contribution < -0.4 is 4.74 Å². The third-order valence-electron chi connectivity index (χ3n) is 8.18. The van der Waals surface area contributed by atoms with E-state index in [-0.39, 0.29) is 18.5 Å². The maximum Gasteiger partial charge on any atom is 0.253 e. The first-order valence-corrected chi connectivity index (χ1v) is 19.3. The molecule has 5 rings (SSSR count). The third-order valence-corrected chi connectivity index (χ3v) is 9.88. The molecule has 0 N–H and O–H groups in total. The number of aromatic nitrogens is 3. The molecule has 2 aromatic carbocycles. The van der Waals surface area contributed by atoms with E-state index in [0.29, 0.717) is 47.9 Å². The number of hydrogen-bond donors (Lipinski definition) is 0. The van der Waals surface area contributed by atoms with E-state index in [4.69, 9.17) is 19.6 Å². The maximum atomic E-state index is 14.5. The molecule has 4 aromatic rings. The number of ether oxygens (including phenoxy) is 2. The van der Waals surface area contributed by atoms with E-state index in [1.54, 1.807) is 24.1 Å². The molecule has 0 aliphatic carbocycles. The van der Waals surface area contributed by atoms with E-state index >= 15 is 0 Å². The first-order chi connectivity index (χ1) is 21.5. The molecule has 0 radical (unpaired) electrons. The van der Waals surface area contributed by atoms with Crippen molar-refractivity contribution in [1.82, 2.24) is 29.5 Å². The van der Waals surface area contributed by atoms with Crippen LogP contribution in [0.25, 0.3) is 33.4 Å². The molecular formula is C34H45FN6O3Si. The molecular weight excluding hydrogens is 587 g/mol. The summed E-state index contributed by atoms with van der Waals surface area (Å²) in [7, 11) is 4.47. The molecule has 1 fully saturated rings. The first-order valence-electron chi connectivity index (χ1n) is 15.6. The summed E-state index contributed by atoms with van der Waals surface area (Å²) in [4.78, 5) is 24.8. The fraction of sp³-hybridized carbons (Fsp3) is 0.441. The number of rotatable bonds is 12. The number of fused-ring (bicyclic) bond motifs is 1. The fourth-order valence-electron chi connectivity index (χ4n) is 5.43. The van der Waals surface area contributed by atoms with Gasteiger partial charge in [-0.3, -0.25) is 9.69 Å². The quantitative estimate of drug-likeness (QED) is 0.150. The number of likely N-dealkylation sites (N-methyl/N-ethyl adjacent to an activating group) is 1. The van der Waals surface area contributed by atoms with E-state index in [2.05, 4.69) is 43.5 Å². The van der Waals surface area contributed by atoms with E-state index in [1.807, 2.05) is 35.2 Å². The average Bonchev–Trinajstić information content (AvgIpc) is 3.39. The van der Waals surface area contributed by atoms with Gasteiger partial charge >= 0.3 is 0 Å². The Bertz CT molecular complexity index is 1630. The molecule has 11 heteroatoms. The Balaban J connectivity index is 1.43. The van der Waals surface area contributed by atoms with Crippen molar-refractivity contribution in [3.05, 3.63) is 66.1 Å². The van der Waals surface area contributed by atoms with Crippen LogP contribution in [0.4, 0.5) is 4.39 Å². The monoisotopic (exact) mass is 632 g/mol. The Labute approximate surface area is 266 Å². The number of carbonyl (C=O) groups excluding carboxylic acids is 1. The highest BCUT2D eigenvalue weighted by atomic mass is 28.3. The number of hydrogen-bond acceptors (Lipinski definition) is 7. The highest BCUT2D eigenvalue weighted by Crippen LogP contribution is 2.36. The second-order valence-electron chi connectivity index (χ2n) is 13.2. The van der Waals surface area contributed by atoms with Crippen molar-refractivity contribution in [2.75, 3.05) is 67.1 Å². The summed E-state index contributed by atoms with van der Waals surface area (Å²) in [5, 5.41) is 5.59.